The van der Waals surface area contributed by atoms with Crippen LogP contribution in [0.2, 0.25) is 0 Å². The second-order valence-corrected chi connectivity index (χ2v) is 7.65. The van der Waals surface area contributed by atoms with E-state index in [0.717, 1.165) is 30.8 Å². The van der Waals surface area contributed by atoms with Crippen molar-refractivity contribution in [3.63, 3.8) is 0 Å². The van der Waals surface area contributed by atoms with Gasteiger partial charge in [-0.15, -0.1) is 5.10 Å². The summed E-state index contributed by atoms with van der Waals surface area (Å²) in [6.45, 7) is 4.88. The van der Waals surface area contributed by atoms with Crippen LogP contribution in [0.25, 0.3) is 16.7 Å². The molecule has 0 aliphatic rings. The highest BCUT2D eigenvalue weighted by atomic mass is 32.2. The van der Waals surface area contributed by atoms with Crippen LogP contribution in [0, 0.1) is 6.92 Å². The van der Waals surface area contributed by atoms with Crippen molar-refractivity contribution in [2.24, 2.45) is 0 Å². The molecule has 9 heteroatoms. The molecule has 0 atom stereocenters. The third-order valence-corrected chi connectivity index (χ3v) is 5.47. The third kappa shape index (κ3) is 4.04. The molecule has 148 valence electrons. The Kier molecular flexibility index (Phi) is 5.66. The number of aromatic nitrogens is 7. The minimum atomic E-state index is -0.137. The first kappa shape index (κ1) is 19.3. The van der Waals surface area contributed by atoms with Crippen molar-refractivity contribution in [3.8, 4) is 5.82 Å². The molecule has 3 aromatic heterocycles. The van der Waals surface area contributed by atoms with E-state index in [0.29, 0.717) is 27.6 Å². The van der Waals surface area contributed by atoms with Gasteiger partial charge in [-0.3, -0.25) is 4.79 Å². The first-order valence-corrected chi connectivity index (χ1v) is 10.5. The largest absolute Gasteiger partial charge is 0.268 e. The van der Waals surface area contributed by atoms with Crippen LogP contribution in [0.4, 0.5) is 0 Å². The Balaban J connectivity index is 1.76. The number of pyridine rings is 1. The normalized spacial score (nSPS) is 11.2. The summed E-state index contributed by atoms with van der Waals surface area (Å²) in [5.41, 5.74) is 1.55. The minimum Gasteiger partial charge on any atom is -0.268 e. The lowest BCUT2D eigenvalue weighted by Gasteiger charge is -2.12. The van der Waals surface area contributed by atoms with Gasteiger partial charge >= 0.3 is 0 Å². The summed E-state index contributed by atoms with van der Waals surface area (Å²) in [4.78, 5) is 22.4. The number of thioether (sulfide) groups is 1. The lowest BCUT2D eigenvalue weighted by Crippen LogP contribution is -2.22. The standard InChI is InChI=1S/C20H21N7OS/c1-3-4-11-26-18(23-24-25-26)13-29-20-22-16-8-6-5-7-15(16)19(28)27(20)17-12-14(2)9-10-21-17/h5-10,12H,3-4,11,13H2,1-2H3. The third-order valence-electron chi connectivity index (χ3n) is 4.53. The molecule has 4 rings (SSSR count). The van der Waals surface area contributed by atoms with Gasteiger partial charge in [0.05, 0.1) is 16.7 Å². The molecular weight excluding hydrogens is 386 g/mol. The topological polar surface area (TPSA) is 91.4 Å². The maximum atomic E-state index is 13.3. The summed E-state index contributed by atoms with van der Waals surface area (Å²) >= 11 is 1.43. The summed E-state index contributed by atoms with van der Waals surface area (Å²) < 4.78 is 3.38. The average Bonchev–Trinajstić information content (AvgIpc) is 3.18. The quantitative estimate of drug-likeness (QED) is 0.343. The molecule has 0 saturated heterocycles. The van der Waals surface area contributed by atoms with Gasteiger partial charge in [0, 0.05) is 12.7 Å². The number of nitrogens with zero attached hydrogens (tertiary/aromatic N) is 7. The average molecular weight is 408 g/mol. The summed E-state index contributed by atoms with van der Waals surface area (Å²) in [5, 5.41) is 13.1. The Morgan fingerprint density at radius 3 is 2.86 bits per heavy atom. The molecule has 0 bridgehead atoms. The van der Waals surface area contributed by atoms with E-state index in [1.54, 1.807) is 16.8 Å². The van der Waals surface area contributed by atoms with Crippen molar-refractivity contribution in [1.29, 1.82) is 0 Å². The van der Waals surface area contributed by atoms with Crippen molar-refractivity contribution in [1.82, 2.24) is 34.7 Å². The Bertz CT molecular complexity index is 1200. The fourth-order valence-electron chi connectivity index (χ4n) is 2.99. The summed E-state index contributed by atoms with van der Waals surface area (Å²) in [6, 6.07) is 11.1. The number of para-hydroxylation sites is 1. The zero-order valence-corrected chi connectivity index (χ0v) is 17.1. The number of rotatable bonds is 7. The molecule has 0 unspecified atom stereocenters. The Morgan fingerprint density at radius 2 is 2.03 bits per heavy atom. The van der Waals surface area contributed by atoms with E-state index in [4.69, 9.17) is 4.98 Å². The highest BCUT2D eigenvalue weighted by Crippen LogP contribution is 2.23. The predicted molar refractivity (Wildman–Crippen MR) is 112 cm³/mol. The smallest absolute Gasteiger partial charge is 0.267 e. The van der Waals surface area contributed by atoms with E-state index in [-0.39, 0.29) is 5.56 Å². The van der Waals surface area contributed by atoms with Gasteiger partial charge in [0.25, 0.3) is 5.56 Å². The molecular formula is C20H21N7OS. The molecule has 0 aliphatic carbocycles. The summed E-state index contributed by atoms with van der Waals surface area (Å²) in [7, 11) is 0. The van der Waals surface area contributed by atoms with E-state index in [1.165, 1.54) is 11.8 Å². The molecule has 0 fully saturated rings. The second-order valence-electron chi connectivity index (χ2n) is 6.70. The van der Waals surface area contributed by atoms with Gasteiger partial charge in [0.2, 0.25) is 0 Å². The van der Waals surface area contributed by atoms with Crippen LogP contribution in [0.5, 0.6) is 0 Å². The monoisotopic (exact) mass is 407 g/mol. The molecule has 0 spiro atoms. The molecule has 8 nitrogen and oxygen atoms in total. The predicted octanol–water partition coefficient (Wildman–Crippen LogP) is 3.17. The molecule has 0 saturated carbocycles. The summed E-state index contributed by atoms with van der Waals surface area (Å²) in [5.74, 6) is 1.82. The van der Waals surface area contributed by atoms with Crippen LogP contribution < -0.4 is 5.56 Å². The number of tetrazole rings is 1. The Hall–Kier alpha value is -3.07. The zero-order chi connectivity index (χ0) is 20.2. The van der Waals surface area contributed by atoms with Crippen molar-refractivity contribution in [2.75, 3.05) is 0 Å². The molecule has 0 N–H and O–H groups in total. The number of unbranched alkanes of at least 4 members (excludes halogenated alkanes) is 1. The first-order valence-electron chi connectivity index (χ1n) is 9.50. The van der Waals surface area contributed by atoms with Crippen molar-refractivity contribution in [3.05, 3.63) is 64.3 Å². The Morgan fingerprint density at radius 1 is 1.17 bits per heavy atom. The molecule has 0 aliphatic heterocycles. The van der Waals surface area contributed by atoms with Gasteiger partial charge < -0.3 is 0 Å². The molecule has 4 aromatic rings. The lowest BCUT2D eigenvalue weighted by molar-refractivity contribution is 0.540. The van der Waals surface area contributed by atoms with E-state index < -0.39 is 0 Å². The van der Waals surface area contributed by atoms with Crippen LogP contribution >= 0.6 is 11.8 Å². The Labute approximate surface area is 172 Å². The van der Waals surface area contributed by atoms with Gasteiger partial charge in [-0.2, -0.15) is 0 Å². The van der Waals surface area contributed by atoms with Crippen LogP contribution in [0.3, 0.4) is 0 Å². The van der Waals surface area contributed by atoms with E-state index in [9.17, 15) is 4.79 Å². The zero-order valence-electron chi connectivity index (χ0n) is 16.3. The number of hydrogen-bond donors (Lipinski definition) is 0. The molecule has 0 radical (unpaired) electrons. The maximum absolute atomic E-state index is 13.3. The first-order chi connectivity index (χ1) is 14.2. The van der Waals surface area contributed by atoms with Gasteiger partial charge in [0.1, 0.15) is 5.82 Å². The van der Waals surface area contributed by atoms with Crippen LogP contribution in [-0.4, -0.2) is 34.7 Å². The van der Waals surface area contributed by atoms with Crippen LogP contribution in [-0.2, 0) is 12.3 Å². The molecule has 29 heavy (non-hydrogen) atoms. The van der Waals surface area contributed by atoms with Crippen molar-refractivity contribution < 1.29 is 0 Å². The minimum absolute atomic E-state index is 0.137. The van der Waals surface area contributed by atoms with Crippen LogP contribution in [0.15, 0.2) is 52.5 Å². The summed E-state index contributed by atoms with van der Waals surface area (Å²) in [6.07, 6.45) is 3.78. The van der Waals surface area contributed by atoms with Gasteiger partial charge in [-0.05, 0) is 53.6 Å². The van der Waals surface area contributed by atoms with Crippen molar-refractivity contribution in [2.45, 2.75) is 44.1 Å². The highest BCUT2D eigenvalue weighted by molar-refractivity contribution is 7.98. The van der Waals surface area contributed by atoms with E-state index in [1.807, 2.05) is 41.9 Å². The maximum Gasteiger partial charge on any atom is 0.267 e. The fraction of sp³-hybridized carbons (Fsp3) is 0.300. The highest BCUT2D eigenvalue weighted by Gasteiger charge is 2.16. The van der Waals surface area contributed by atoms with Crippen LogP contribution in [0.1, 0.15) is 31.2 Å². The number of benzene rings is 1. The second kappa shape index (κ2) is 8.52. The van der Waals surface area contributed by atoms with E-state index >= 15 is 0 Å². The van der Waals surface area contributed by atoms with Gasteiger partial charge in [-0.25, -0.2) is 19.2 Å². The number of aryl methyl sites for hydroxylation is 2. The van der Waals surface area contributed by atoms with Gasteiger partial charge in [0.15, 0.2) is 11.0 Å². The molecule has 1 aromatic carbocycles. The fourth-order valence-corrected chi connectivity index (χ4v) is 3.92. The van der Waals surface area contributed by atoms with Crippen molar-refractivity contribution >= 4 is 22.7 Å². The number of hydrogen-bond acceptors (Lipinski definition) is 7. The van der Waals surface area contributed by atoms with E-state index in [2.05, 4.69) is 27.4 Å². The molecule has 0 amide bonds. The van der Waals surface area contributed by atoms with Gasteiger partial charge in [-0.1, -0.05) is 37.2 Å². The molecule has 3 heterocycles. The lowest BCUT2D eigenvalue weighted by atomic mass is 10.2. The number of fused-ring (bicyclic) bond motifs is 1. The SMILES string of the molecule is CCCCn1nnnc1CSc1nc2ccccc2c(=O)n1-c1cc(C)ccn1.